The number of aromatic nitrogens is 1. The van der Waals surface area contributed by atoms with Crippen molar-refractivity contribution in [3.63, 3.8) is 0 Å². The molecule has 1 aromatic heterocycles. The molecule has 0 saturated carbocycles. The number of alkyl carbamates (subject to hydrolysis) is 1. The lowest BCUT2D eigenvalue weighted by Gasteiger charge is -2.15. The lowest BCUT2D eigenvalue weighted by atomic mass is 9.98. The molecule has 5 nitrogen and oxygen atoms in total. The summed E-state index contributed by atoms with van der Waals surface area (Å²) >= 11 is 7.67. The molecule has 7 heteroatoms. The lowest BCUT2D eigenvalue weighted by molar-refractivity contribution is 0.112. The molecule has 1 heterocycles. The Bertz CT molecular complexity index is 1360. The van der Waals surface area contributed by atoms with Gasteiger partial charge in [0.1, 0.15) is 11.6 Å². The van der Waals surface area contributed by atoms with E-state index in [1.54, 1.807) is 24.4 Å². The van der Waals surface area contributed by atoms with E-state index in [0.29, 0.717) is 15.6 Å². The van der Waals surface area contributed by atoms with Crippen molar-refractivity contribution in [3.05, 3.63) is 112 Å². The van der Waals surface area contributed by atoms with E-state index in [4.69, 9.17) is 16.3 Å². The lowest BCUT2D eigenvalue weighted by Crippen LogP contribution is -2.25. The maximum atomic E-state index is 12.5. The predicted molar refractivity (Wildman–Crippen MR) is 137 cm³/mol. The Morgan fingerprint density at radius 1 is 1.00 bits per heavy atom. The standard InChI is InChI=1S/C28H21ClN2O3S/c29-25-12-11-18(14-26(25)35-27-19(16-32)6-5-13-30-27)15-31-28(33)34-17-24-22-9-3-1-7-20(22)21-8-2-4-10-23(21)24/h1-14,16,24H,15,17H2,(H,31,33). The number of carbonyl (C=O) groups excluding carboxylic acids is 2. The van der Waals surface area contributed by atoms with Crippen LogP contribution in [0.15, 0.2) is 95.0 Å². The van der Waals surface area contributed by atoms with Gasteiger partial charge >= 0.3 is 6.09 Å². The zero-order valence-electron chi connectivity index (χ0n) is 18.6. The van der Waals surface area contributed by atoms with E-state index in [1.807, 2.05) is 36.4 Å². The van der Waals surface area contributed by atoms with Crippen LogP contribution in [0.25, 0.3) is 11.1 Å². The van der Waals surface area contributed by atoms with Gasteiger partial charge in [0.05, 0.1) is 5.02 Å². The molecular formula is C28H21ClN2O3S. The predicted octanol–water partition coefficient (Wildman–Crippen LogP) is 6.74. The second kappa shape index (κ2) is 10.3. The molecule has 0 unspecified atom stereocenters. The first kappa shape index (κ1) is 23.1. The highest BCUT2D eigenvalue weighted by Crippen LogP contribution is 2.44. The number of hydrogen-bond acceptors (Lipinski definition) is 5. The fraction of sp³-hybridized carbons (Fsp3) is 0.107. The number of fused-ring (bicyclic) bond motifs is 3. The first-order valence-electron chi connectivity index (χ1n) is 11.1. The minimum absolute atomic E-state index is 0.0112. The van der Waals surface area contributed by atoms with E-state index >= 15 is 0 Å². The summed E-state index contributed by atoms with van der Waals surface area (Å²) in [6, 6.07) is 25.4. The molecule has 3 aromatic carbocycles. The topological polar surface area (TPSA) is 68.3 Å². The minimum Gasteiger partial charge on any atom is -0.449 e. The van der Waals surface area contributed by atoms with Crippen LogP contribution in [0.2, 0.25) is 5.02 Å². The second-order valence-electron chi connectivity index (χ2n) is 8.06. The third-order valence-corrected chi connectivity index (χ3v) is 7.44. The third-order valence-electron chi connectivity index (χ3n) is 5.91. The molecule has 4 aromatic rings. The van der Waals surface area contributed by atoms with Gasteiger partial charge in [-0.1, -0.05) is 78.0 Å². The van der Waals surface area contributed by atoms with E-state index in [-0.39, 0.29) is 19.1 Å². The fourth-order valence-corrected chi connectivity index (χ4v) is 5.41. The summed E-state index contributed by atoms with van der Waals surface area (Å²) in [5, 5.41) is 3.94. The number of ether oxygens (including phenoxy) is 1. The average molecular weight is 501 g/mol. The number of rotatable bonds is 7. The minimum atomic E-state index is -0.482. The Kier molecular flexibility index (Phi) is 6.84. The van der Waals surface area contributed by atoms with Crippen molar-refractivity contribution in [2.75, 3.05) is 6.61 Å². The molecule has 0 spiro atoms. The van der Waals surface area contributed by atoms with Crippen LogP contribution in [0.5, 0.6) is 0 Å². The highest BCUT2D eigenvalue weighted by molar-refractivity contribution is 7.99. The van der Waals surface area contributed by atoms with E-state index in [1.165, 1.54) is 34.0 Å². The first-order valence-corrected chi connectivity index (χ1v) is 12.3. The third kappa shape index (κ3) is 4.94. The molecule has 35 heavy (non-hydrogen) atoms. The van der Waals surface area contributed by atoms with Crippen LogP contribution in [-0.4, -0.2) is 24.0 Å². The molecule has 5 rings (SSSR count). The van der Waals surface area contributed by atoms with Gasteiger partial charge in [0.15, 0.2) is 6.29 Å². The maximum Gasteiger partial charge on any atom is 0.407 e. The summed E-state index contributed by atoms with van der Waals surface area (Å²) in [7, 11) is 0. The SMILES string of the molecule is O=Cc1cccnc1Sc1cc(CNC(=O)OCC2c3ccccc3-c3ccccc32)ccc1Cl. The van der Waals surface area contributed by atoms with Crippen LogP contribution in [0.1, 0.15) is 33.0 Å². The molecule has 1 N–H and O–H groups in total. The van der Waals surface area contributed by atoms with E-state index in [9.17, 15) is 9.59 Å². The fourth-order valence-electron chi connectivity index (χ4n) is 4.24. The summed E-state index contributed by atoms with van der Waals surface area (Å²) < 4.78 is 5.61. The van der Waals surface area contributed by atoms with Gasteiger partial charge in [-0.2, -0.15) is 0 Å². The molecule has 0 fully saturated rings. The van der Waals surface area contributed by atoms with Crippen molar-refractivity contribution in [1.82, 2.24) is 10.3 Å². The van der Waals surface area contributed by atoms with Gasteiger partial charge < -0.3 is 10.1 Å². The number of nitrogens with one attached hydrogen (secondary N) is 1. The second-order valence-corrected chi connectivity index (χ2v) is 9.50. The number of pyridine rings is 1. The summed E-state index contributed by atoms with van der Waals surface area (Å²) in [6.45, 7) is 0.542. The van der Waals surface area contributed by atoms with Gasteiger partial charge in [0.25, 0.3) is 0 Å². The van der Waals surface area contributed by atoms with Crippen LogP contribution < -0.4 is 5.32 Å². The Hall–Kier alpha value is -3.61. The molecule has 0 aliphatic heterocycles. The number of amides is 1. The van der Waals surface area contributed by atoms with E-state index in [2.05, 4.69) is 34.6 Å². The maximum absolute atomic E-state index is 12.5. The van der Waals surface area contributed by atoms with Crippen molar-refractivity contribution in [1.29, 1.82) is 0 Å². The summed E-state index contributed by atoms with van der Waals surface area (Å²) in [5.74, 6) is 0.0112. The van der Waals surface area contributed by atoms with E-state index in [0.717, 1.165) is 16.7 Å². The molecule has 0 bridgehead atoms. The van der Waals surface area contributed by atoms with Gasteiger partial charge in [0.2, 0.25) is 0 Å². The summed E-state index contributed by atoms with van der Waals surface area (Å²) in [4.78, 5) is 28.8. The monoisotopic (exact) mass is 500 g/mol. The molecule has 1 amide bonds. The molecule has 1 aliphatic rings. The average Bonchev–Trinajstić information content (AvgIpc) is 3.22. The van der Waals surface area contributed by atoms with Crippen molar-refractivity contribution in [2.45, 2.75) is 22.4 Å². The van der Waals surface area contributed by atoms with Gasteiger partial charge in [-0.15, -0.1) is 0 Å². The number of halogens is 1. The Labute approximate surface area is 212 Å². The van der Waals surface area contributed by atoms with Crippen molar-refractivity contribution < 1.29 is 14.3 Å². The molecule has 1 aliphatic carbocycles. The van der Waals surface area contributed by atoms with Gasteiger partial charge in [-0.05, 0) is 52.1 Å². The summed E-state index contributed by atoms with van der Waals surface area (Å²) in [5.41, 5.74) is 6.07. The largest absolute Gasteiger partial charge is 0.449 e. The van der Waals surface area contributed by atoms with Crippen LogP contribution in [0.4, 0.5) is 4.79 Å². The van der Waals surface area contributed by atoms with Gasteiger partial charge in [-0.25, -0.2) is 9.78 Å². The highest BCUT2D eigenvalue weighted by Gasteiger charge is 2.28. The number of hydrogen-bond donors (Lipinski definition) is 1. The van der Waals surface area contributed by atoms with Crippen LogP contribution in [0.3, 0.4) is 0 Å². The smallest absolute Gasteiger partial charge is 0.407 e. The first-order chi connectivity index (χ1) is 17.1. The molecule has 174 valence electrons. The van der Waals surface area contributed by atoms with E-state index < -0.39 is 6.09 Å². The normalized spacial score (nSPS) is 12.0. The molecular weight excluding hydrogens is 480 g/mol. The number of nitrogens with zero attached hydrogens (tertiary/aromatic N) is 1. The zero-order chi connectivity index (χ0) is 24.2. The highest BCUT2D eigenvalue weighted by atomic mass is 35.5. The molecule has 0 saturated heterocycles. The Morgan fingerprint density at radius 2 is 1.71 bits per heavy atom. The van der Waals surface area contributed by atoms with Crippen molar-refractivity contribution in [2.24, 2.45) is 0 Å². The number of benzene rings is 3. The van der Waals surface area contributed by atoms with Crippen LogP contribution in [0, 0.1) is 0 Å². The van der Waals surface area contributed by atoms with Crippen LogP contribution >= 0.6 is 23.4 Å². The Morgan fingerprint density at radius 3 is 2.43 bits per heavy atom. The number of carbonyl (C=O) groups is 2. The van der Waals surface area contributed by atoms with Gasteiger partial charge in [-0.3, -0.25) is 4.79 Å². The summed E-state index contributed by atoms with van der Waals surface area (Å²) in [6.07, 6.45) is 1.92. The van der Waals surface area contributed by atoms with Crippen molar-refractivity contribution >= 4 is 35.7 Å². The van der Waals surface area contributed by atoms with Crippen molar-refractivity contribution in [3.8, 4) is 11.1 Å². The quantitative estimate of drug-likeness (QED) is 0.285. The number of aldehydes is 1. The Balaban J connectivity index is 1.22. The molecule has 0 atom stereocenters. The molecule has 0 radical (unpaired) electrons. The zero-order valence-corrected chi connectivity index (χ0v) is 20.2. The van der Waals surface area contributed by atoms with Crippen LogP contribution in [-0.2, 0) is 11.3 Å². The van der Waals surface area contributed by atoms with Gasteiger partial charge in [0, 0.05) is 29.1 Å².